The molecule has 1 heterocycles. The number of hydrogen-bond acceptors (Lipinski definition) is 1. The minimum atomic E-state index is -0.117. The van der Waals surface area contributed by atoms with Crippen molar-refractivity contribution in [3.05, 3.63) is 35.0 Å². The Balaban J connectivity index is 2.45. The molecule has 2 rings (SSSR count). The van der Waals surface area contributed by atoms with Crippen molar-refractivity contribution >= 4 is 33.0 Å². The molecule has 0 amide bonds. The Bertz CT molecular complexity index is 436. The lowest BCUT2D eigenvalue weighted by Gasteiger charge is -1.98. The van der Waals surface area contributed by atoms with E-state index in [0.29, 0.717) is 5.88 Å². The quantitative estimate of drug-likeness (QED) is 0.691. The van der Waals surface area contributed by atoms with Gasteiger partial charge in [-0.15, -0.1) is 22.9 Å². The van der Waals surface area contributed by atoms with Crippen LogP contribution in [-0.2, 0) is 6.42 Å². The first-order chi connectivity index (χ1) is 6.83. The van der Waals surface area contributed by atoms with Crippen LogP contribution < -0.4 is 0 Å². The maximum absolute atomic E-state index is 13.5. The van der Waals surface area contributed by atoms with E-state index < -0.39 is 0 Å². The van der Waals surface area contributed by atoms with Crippen molar-refractivity contribution in [1.82, 2.24) is 0 Å². The minimum absolute atomic E-state index is 0.117. The molecular weight excluding hydrogens is 219 g/mol. The van der Waals surface area contributed by atoms with Crippen molar-refractivity contribution in [2.24, 2.45) is 0 Å². The van der Waals surface area contributed by atoms with Crippen LogP contribution in [0.1, 0.15) is 12.0 Å². The summed E-state index contributed by atoms with van der Waals surface area (Å²) in [4.78, 5) is 0. The van der Waals surface area contributed by atoms with E-state index in [1.165, 1.54) is 6.07 Å². The van der Waals surface area contributed by atoms with Crippen molar-refractivity contribution in [2.75, 3.05) is 5.88 Å². The zero-order valence-corrected chi connectivity index (χ0v) is 9.17. The monoisotopic (exact) mass is 228 g/mol. The molecule has 0 saturated heterocycles. The van der Waals surface area contributed by atoms with Gasteiger partial charge in [0.15, 0.2) is 0 Å². The number of thiophene rings is 1. The number of rotatable bonds is 3. The van der Waals surface area contributed by atoms with E-state index in [1.807, 2.05) is 11.4 Å². The SMILES string of the molecule is Fc1cccc2scc(CCCCl)c12. The minimum Gasteiger partial charge on any atom is -0.206 e. The van der Waals surface area contributed by atoms with Crippen LogP contribution in [0.3, 0.4) is 0 Å². The summed E-state index contributed by atoms with van der Waals surface area (Å²) < 4.78 is 14.5. The molecule has 0 aliphatic rings. The average molecular weight is 229 g/mol. The molecule has 0 fully saturated rings. The predicted molar refractivity (Wildman–Crippen MR) is 60.8 cm³/mol. The Hall–Kier alpha value is -0.600. The molecule has 0 radical (unpaired) electrons. The van der Waals surface area contributed by atoms with Crippen molar-refractivity contribution in [3.8, 4) is 0 Å². The zero-order chi connectivity index (χ0) is 9.97. The van der Waals surface area contributed by atoms with Crippen LogP contribution in [0.15, 0.2) is 23.6 Å². The van der Waals surface area contributed by atoms with E-state index in [0.717, 1.165) is 28.5 Å². The molecule has 0 saturated carbocycles. The van der Waals surface area contributed by atoms with Crippen molar-refractivity contribution < 1.29 is 4.39 Å². The lowest BCUT2D eigenvalue weighted by atomic mass is 10.1. The Morgan fingerprint density at radius 3 is 3.00 bits per heavy atom. The molecule has 0 unspecified atom stereocenters. The van der Waals surface area contributed by atoms with Gasteiger partial charge < -0.3 is 0 Å². The molecule has 74 valence electrons. The van der Waals surface area contributed by atoms with Crippen LogP contribution in [0.25, 0.3) is 10.1 Å². The van der Waals surface area contributed by atoms with E-state index >= 15 is 0 Å². The van der Waals surface area contributed by atoms with Gasteiger partial charge in [0.25, 0.3) is 0 Å². The molecular formula is C11H10ClFS. The van der Waals surface area contributed by atoms with Crippen LogP contribution in [0, 0.1) is 5.82 Å². The highest BCUT2D eigenvalue weighted by Gasteiger charge is 2.07. The van der Waals surface area contributed by atoms with Gasteiger partial charge in [-0.05, 0) is 35.9 Å². The first-order valence-corrected chi connectivity index (χ1v) is 5.95. The number of fused-ring (bicyclic) bond motifs is 1. The molecule has 0 spiro atoms. The number of alkyl halides is 1. The normalized spacial score (nSPS) is 11.0. The Labute approximate surface area is 91.3 Å². The summed E-state index contributed by atoms with van der Waals surface area (Å²) in [5, 5.41) is 2.81. The first-order valence-electron chi connectivity index (χ1n) is 4.53. The number of halogens is 2. The molecule has 1 aromatic carbocycles. The van der Waals surface area contributed by atoms with Gasteiger partial charge in [-0.25, -0.2) is 4.39 Å². The second-order valence-corrected chi connectivity index (χ2v) is 4.46. The van der Waals surface area contributed by atoms with Crippen molar-refractivity contribution in [1.29, 1.82) is 0 Å². The van der Waals surface area contributed by atoms with Gasteiger partial charge in [-0.1, -0.05) is 6.07 Å². The van der Waals surface area contributed by atoms with Gasteiger partial charge in [0, 0.05) is 16.0 Å². The first kappa shape index (κ1) is 9.94. The third kappa shape index (κ3) is 1.77. The summed E-state index contributed by atoms with van der Waals surface area (Å²) in [6.07, 6.45) is 1.77. The Kier molecular flexibility index (Phi) is 3.04. The van der Waals surface area contributed by atoms with Crippen LogP contribution in [0.2, 0.25) is 0 Å². The predicted octanol–water partition coefficient (Wildman–Crippen LogP) is 4.21. The zero-order valence-electron chi connectivity index (χ0n) is 7.59. The van der Waals surface area contributed by atoms with E-state index in [2.05, 4.69) is 0 Å². The van der Waals surface area contributed by atoms with Gasteiger partial charge in [-0.2, -0.15) is 0 Å². The summed E-state index contributed by atoms with van der Waals surface area (Å²) in [6, 6.07) is 5.21. The third-order valence-corrected chi connectivity index (χ3v) is 3.47. The Morgan fingerprint density at radius 1 is 1.36 bits per heavy atom. The van der Waals surface area contributed by atoms with Gasteiger partial charge >= 0.3 is 0 Å². The van der Waals surface area contributed by atoms with Gasteiger partial charge in [-0.3, -0.25) is 0 Å². The fourth-order valence-electron chi connectivity index (χ4n) is 1.55. The van der Waals surface area contributed by atoms with Gasteiger partial charge in [0.05, 0.1) is 0 Å². The Morgan fingerprint density at radius 2 is 2.21 bits per heavy atom. The van der Waals surface area contributed by atoms with Crippen LogP contribution in [-0.4, -0.2) is 5.88 Å². The van der Waals surface area contributed by atoms with E-state index in [9.17, 15) is 4.39 Å². The largest absolute Gasteiger partial charge is 0.206 e. The second-order valence-electron chi connectivity index (χ2n) is 3.17. The van der Waals surface area contributed by atoms with Gasteiger partial charge in [0.2, 0.25) is 0 Å². The second kappa shape index (κ2) is 4.28. The number of aryl methyl sites for hydroxylation is 1. The maximum Gasteiger partial charge on any atom is 0.132 e. The highest BCUT2D eigenvalue weighted by molar-refractivity contribution is 7.17. The maximum atomic E-state index is 13.5. The number of hydrogen-bond donors (Lipinski definition) is 0. The van der Waals surface area contributed by atoms with Crippen LogP contribution in [0.4, 0.5) is 4.39 Å². The fourth-order valence-corrected chi connectivity index (χ4v) is 2.69. The fraction of sp³-hybridized carbons (Fsp3) is 0.273. The van der Waals surface area contributed by atoms with Gasteiger partial charge in [0.1, 0.15) is 5.82 Å². The highest BCUT2D eigenvalue weighted by atomic mass is 35.5. The van der Waals surface area contributed by atoms with Crippen molar-refractivity contribution in [3.63, 3.8) is 0 Å². The molecule has 0 nitrogen and oxygen atoms in total. The van der Waals surface area contributed by atoms with E-state index in [-0.39, 0.29) is 5.82 Å². The molecule has 14 heavy (non-hydrogen) atoms. The summed E-state index contributed by atoms with van der Waals surface area (Å²) in [5.74, 6) is 0.513. The molecule has 0 N–H and O–H groups in total. The lowest BCUT2D eigenvalue weighted by molar-refractivity contribution is 0.639. The summed E-state index contributed by atoms with van der Waals surface area (Å²) in [7, 11) is 0. The third-order valence-electron chi connectivity index (χ3n) is 2.20. The molecule has 0 aliphatic carbocycles. The molecule has 1 aromatic heterocycles. The topological polar surface area (TPSA) is 0 Å². The summed E-state index contributed by atoms with van der Waals surface area (Å²) in [5.41, 5.74) is 1.09. The summed E-state index contributed by atoms with van der Waals surface area (Å²) >= 11 is 7.21. The lowest BCUT2D eigenvalue weighted by Crippen LogP contribution is -1.86. The van der Waals surface area contributed by atoms with Crippen LogP contribution in [0.5, 0.6) is 0 Å². The number of benzene rings is 1. The van der Waals surface area contributed by atoms with Crippen molar-refractivity contribution in [2.45, 2.75) is 12.8 Å². The van der Waals surface area contributed by atoms with Crippen LogP contribution >= 0.6 is 22.9 Å². The highest BCUT2D eigenvalue weighted by Crippen LogP contribution is 2.29. The smallest absolute Gasteiger partial charge is 0.132 e. The molecule has 0 atom stereocenters. The van der Waals surface area contributed by atoms with E-state index in [1.54, 1.807) is 17.4 Å². The molecule has 0 bridgehead atoms. The van der Waals surface area contributed by atoms with E-state index in [4.69, 9.17) is 11.6 Å². The molecule has 3 heteroatoms. The average Bonchev–Trinajstić information content (AvgIpc) is 2.59. The molecule has 0 aliphatic heterocycles. The summed E-state index contributed by atoms with van der Waals surface area (Å²) in [6.45, 7) is 0. The standard InChI is InChI=1S/C11H10ClFS/c12-6-2-3-8-7-14-10-5-1-4-9(13)11(8)10/h1,4-5,7H,2-3,6H2. The molecule has 2 aromatic rings.